The number of nitrogens with two attached hydrogens (primary N) is 1. The molecule has 5 heteroatoms. The lowest BCUT2D eigenvalue weighted by molar-refractivity contribution is -0.125. The van der Waals surface area contributed by atoms with Crippen LogP contribution in [0.15, 0.2) is 30.3 Å². The molecule has 2 atom stereocenters. The van der Waals surface area contributed by atoms with Crippen molar-refractivity contribution in [3.63, 3.8) is 0 Å². The standard InChI is InChI=1S/C14H22N2O2.ClH/c1-14(2,3)12(15)13(18)16-9-11(17)10-7-5-4-6-8-10;/h4-8,11-12,17H,9,15H2,1-3H3,(H,16,18);1H/t11?,12-;/m1./s1. The minimum atomic E-state index is -0.706. The first kappa shape index (κ1) is 17.9. The molecule has 0 radical (unpaired) electrons. The van der Waals surface area contributed by atoms with E-state index in [-0.39, 0.29) is 30.3 Å². The molecule has 0 aromatic heterocycles. The van der Waals surface area contributed by atoms with E-state index < -0.39 is 12.1 Å². The van der Waals surface area contributed by atoms with Crippen LogP contribution in [0.5, 0.6) is 0 Å². The predicted octanol–water partition coefficient (Wildman–Crippen LogP) is 1.63. The van der Waals surface area contributed by atoms with Crippen molar-refractivity contribution < 1.29 is 9.90 Å². The van der Waals surface area contributed by atoms with Gasteiger partial charge in [-0.3, -0.25) is 4.79 Å². The van der Waals surface area contributed by atoms with E-state index in [4.69, 9.17) is 5.73 Å². The molecule has 0 aliphatic carbocycles. The molecule has 0 spiro atoms. The monoisotopic (exact) mass is 286 g/mol. The third kappa shape index (κ3) is 5.59. The zero-order valence-corrected chi connectivity index (χ0v) is 12.4. The fourth-order valence-electron chi connectivity index (χ4n) is 1.49. The van der Waals surface area contributed by atoms with Crippen molar-refractivity contribution >= 4 is 18.3 Å². The van der Waals surface area contributed by atoms with Gasteiger partial charge in [-0.25, -0.2) is 0 Å². The molecule has 1 unspecified atom stereocenters. The number of nitrogens with one attached hydrogen (secondary N) is 1. The number of hydrogen-bond donors (Lipinski definition) is 3. The Morgan fingerprint density at radius 3 is 2.32 bits per heavy atom. The SMILES string of the molecule is CC(C)(C)[C@H](N)C(=O)NCC(O)c1ccccc1.Cl. The lowest BCUT2D eigenvalue weighted by atomic mass is 9.87. The molecule has 19 heavy (non-hydrogen) atoms. The van der Waals surface area contributed by atoms with Crippen LogP contribution in [-0.2, 0) is 4.79 Å². The zero-order valence-electron chi connectivity index (χ0n) is 11.6. The van der Waals surface area contributed by atoms with Crippen LogP contribution < -0.4 is 11.1 Å². The summed E-state index contributed by atoms with van der Waals surface area (Å²) in [6, 6.07) is 8.63. The van der Waals surface area contributed by atoms with Gasteiger partial charge < -0.3 is 16.2 Å². The van der Waals surface area contributed by atoms with Gasteiger partial charge >= 0.3 is 0 Å². The molecule has 1 rings (SSSR count). The number of aliphatic hydroxyl groups excluding tert-OH is 1. The highest BCUT2D eigenvalue weighted by atomic mass is 35.5. The number of carbonyl (C=O) groups excluding carboxylic acids is 1. The molecular weight excluding hydrogens is 264 g/mol. The highest BCUT2D eigenvalue weighted by Gasteiger charge is 2.27. The quantitative estimate of drug-likeness (QED) is 0.787. The van der Waals surface area contributed by atoms with Gasteiger partial charge in [-0.15, -0.1) is 12.4 Å². The van der Waals surface area contributed by atoms with E-state index in [1.807, 2.05) is 51.1 Å². The number of carbonyl (C=O) groups is 1. The van der Waals surface area contributed by atoms with Crippen LogP contribution in [0.25, 0.3) is 0 Å². The van der Waals surface area contributed by atoms with Crippen LogP contribution >= 0.6 is 12.4 Å². The van der Waals surface area contributed by atoms with Gasteiger partial charge in [0.05, 0.1) is 12.1 Å². The molecule has 0 bridgehead atoms. The van der Waals surface area contributed by atoms with Gasteiger partial charge in [0, 0.05) is 6.54 Å². The van der Waals surface area contributed by atoms with E-state index in [0.717, 1.165) is 5.56 Å². The van der Waals surface area contributed by atoms with E-state index in [1.54, 1.807) is 0 Å². The second-order valence-electron chi connectivity index (χ2n) is 5.52. The summed E-state index contributed by atoms with van der Waals surface area (Å²) in [6.45, 7) is 5.90. The van der Waals surface area contributed by atoms with E-state index in [1.165, 1.54) is 0 Å². The van der Waals surface area contributed by atoms with Gasteiger partial charge in [-0.1, -0.05) is 51.1 Å². The Hall–Kier alpha value is -1.10. The van der Waals surface area contributed by atoms with Crippen molar-refractivity contribution in [2.45, 2.75) is 32.9 Å². The van der Waals surface area contributed by atoms with Crippen molar-refractivity contribution in [1.82, 2.24) is 5.32 Å². The number of rotatable bonds is 4. The van der Waals surface area contributed by atoms with Crippen LogP contribution in [0.2, 0.25) is 0 Å². The Morgan fingerprint density at radius 1 is 1.32 bits per heavy atom. The molecule has 0 saturated heterocycles. The van der Waals surface area contributed by atoms with E-state index in [2.05, 4.69) is 5.32 Å². The Morgan fingerprint density at radius 2 is 1.84 bits per heavy atom. The molecule has 1 amide bonds. The van der Waals surface area contributed by atoms with Gasteiger partial charge in [0.25, 0.3) is 0 Å². The molecule has 108 valence electrons. The highest BCUT2D eigenvalue weighted by Crippen LogP contribution is 2.17. The zero-order chi connectivity index (χ0) is 13.8. The van der Waals surface area contributed by atoms with Crippen LogP contribution in [0.1, 0.15) is 32.4 Å². The topological polar surface area (TPSA) is 75.4 Å². The minimum absolute atomic E-state index is 0. The minimum Gasteiger partial charge on any atom is -0.387 e. The number of amides is 1. The van der Waals surface area contributed by atoms with Crippen molar-refractivity contribution in [2.75, 3.05) is 6.54 Å². The largest absolute Gasteiger partial charge is 0.387 e. The molecule has 0 aliphatic rings. The van der Waals surface area contributed by atoms with Gasteiger partial charge in [0.15, 0.2) is 0 Å². The molecule has 0 aliphatic heterocycles. The number of aliphatic hydroxyl groups is 1. The summed E-state index contributed by atoms with van der Waals surface area (Å²) in [5.41, 5.74) is 6.32. The van der Waals surface area contributed by atoms with Crippen molar-refractivity contribution in [1.29, 1.82) is 0 Å². The normalized spacial score (nSPS) is 14.2. The molecule has 4 N–H and O–H groups in total. The number of hydrogen-bond acceptors (Lipinski definition) is 3. The molecule has 0 fully saturated rings. The maximum absolute atomic E-state index is 11.8. The summed E-state index contributed by atoms with van der Waals surface area (Å²) in [4.78, 5) is 11.8. The second-order valence-corrected chi connectivity index (χ2v) is 5.52. The summed E-state index contributed by atoms with van der Waals surface area (Å²) in [5, 5.41) is 12.6. The molecule has 1 aromatic rings. The Balaban J connectivity index is 0.00000324. The van der Waals surface area contributed by atoms with Crippen molar-refractivity contribution in [3.05, 3.63) is 35.9 Å². The second kappa shape index (κ2) is 7.48. The van der Waals surface area contributed by atoms with Crippen molar-refractivity contribution in [2.24, 2.45) is 11.1 Å². The lowest BCUT2D eigenvalue weighted by Gasteiger charge is -2.26. The fourth-order valence-corrected chi connectivity index (χ4v) is 1.49. The third-order valence-electron chi connectivity index (χ3n) is 2.87. The van der Waals surface area contributed by atoms with Crippen molar-refractivity contribution in [3.8, 4) is 0 Å². The smallest absolute Gasteiger partial charge is 0.237 e. The Kier molecular flexibility index (Phi) is 7.05. The maximum Gasteiger partial charge on any atom is 0.237 e. The van der Waals surface area contributed by atoms with E-state index >= 15 is 0 Å². The first-order valence-electron chi connectivity index (χ1n) is 6.08. The molecule has 1 aromatic carbocycles. The summed E-state index contributed by atoms with van der Waals surface area (Å²) in [7, 11) is 0. The van der Waals surface area contributed by atoms with Crippen LogP contribution in [0.3, 0.4) is 0 Å². The Bertz CT molecular complexity index is 390. The lowest BCUT2D eigenvalue weighted by Crippen LogP contribution is -2.49. The Labute approximate surface area is 120 Å². The average molecular weight is 287 g/mol. The maximum atomic E-state index is 11.8. The average Bonchev–Trinajstić information content (AvgIpc) is 2.34. The summed E-state index contributed by atoms with van der Waals surface area (Å²) in [5.74, 6) is -0.238. The molecule has 0 saturated carbocycles. The van der Waals surface area contributed by atoms with Crippen LogP contribution in [-0.4, -0.2) is 23.6 Å². The summed E-state index contributed by atoms with van der Waals surface area (Å²) < 4.78 is 0. The summed E-state index contributed by atoms with van der Waals surface area (Å²) in [6.07, 6.45) is -0.706. The van der Waals surface area contributed by atoms with E-state index in [9.17, 15) is 9.90 Å². The predicted molar refractivity (Wildman–Crippen MR) is 79.1 cm³/mol. The van der Waals surface area contributed by atoms with Gasteiger partial charge in [0.2, 0.25) is 5.91 Å². The summed E-state index contributed by atoms with van der Waals surface area (Å²) >= 11 is 0. The van der Waals surface area contributed by atoms with Gasteiger partial charge in [-0.2, -0.15) is 0 Å². The molecule has 0 heterocycles. The van der Waals surface area contributed by atoms with Crippen LogP contribution in [0.4, 0.5) is 0 Å². The first-order valence-corrected chi connectivity index (χ1v) is 6.08. The third-order valence-corrected chi connectivity index (χ3v) is 2.87. The number of benzene rings is 1. The van der Waals surface area contributed by atoms with Gasteiger partial charge in [-0.05, 0) is 11.0 Å². The fraction of sp³-hybridized carbons (Fsp3) is 0.500. The number of halogens is 1. The highest BCUT2D eigenvalue weighted by molar-refractivity contribution is 5.85. The van der Waals surface area contributed by atoms with Gasteiger partial charge in [0.1, 0.15) is 0 Å². The first-order chi connectivity index (χ1) is 8.32. The van der Waals surface area contributed by atoms with E-state index in [0.29, 0.717) is 0 Å². The van der Waals surface area contributed by atoms with Crippen LogP contribution in [0, 0.1) is 5.41 Å². The molecule has 4 nitrogen and oxygen atoms in total. The molecular formula is C14H23ClN2O2.